The van der Waals surface area contributed by atoms with E-state index >= 15 is 0 Å². The quantitative estimate of drug-likeness (QED) is 0.531. The first-order valence-electron chi connectivity index (χ1n) is 6.41. The molecule has 18 heavy (non-hydrogen) atoms. The monoisotopic (exact) mass is 315 g/mol. The van der Waals surface area contributed by atoms with Crippen molar-refractivity contribution in [2.75, 3.05) is 32.1 Å². The molecule has 1 aromatic rings. The maximum atomic E-state index is 5.66. The summed E-state index contributed by atoms with van der Waals surface area (Å²) in [5.74, 6) is 1.59. The molecule has 0 unspecified atom stereocenters. The van der Waals surface area contributed by atoms with E-state index in [1.807, 2.05) is 24.3 Å². The summed E-state index contributed by atoms with van der Waals surface area (Å²) in [6, 6.07) is 7.72. The van der Waals surface area contributed by atoms with Crippen LogP contribution in [-0.4, -0.2) is 32.1 Å². The van der Waals surface area contributed by atoms with E-state index in [-0.39, 0.29) is 0 Å². The van der Waals surface area contributed by atoms with Crippen molar-refractivity contribution in [2.24, 2.45) is 0 Å². The number of halogens is 1. The van der Waals surface area contributed by atoms with Crippen molar-refractivity contribution in [2.45, 2.75) is 19.3 Å². The van der Waals surface area contributed by atoms with Crippen LogP contribution >= 0.6 is 15.9 Å². The number of hydrogen-bond acceptors (Lipinski definition) is 3. The van der Waals surface area contributed by atoms with Gasteiger partial charge in [0.2, 0.25) is 0 Å². The Morgan fingerprint density at radius 2 is 1.83 bits per heavy atom. The lowest BCUT2D eigenvalue weighted by Crippen LogP contribution is -2.22. The van der Waals surface area contributed by atoms with Crippen LogP contribution in [0.1, 0.15) is 19.3 Å². The molecule has 0 spiro atoms. The highest BCUT2D eigenvalue weighted by Crippen LogP contribution is 2.25. The Bertz CT molecular complexity index is 320. The van der Waals surface area contributed by atoms with Crippen LogP contribution in [0.2, 0.25) is 0 Å². The lowest BCUT2D eigenvalue weighted by Gasteiger charge is -2.10. The first-order chi connectivity index (χ1) is 8.88. The molecule has 102 valence electrons. The predicted molar refractivity (Wildman–Crippen MR) is 79.0 cm³/mol. The SMILES string of the molecule is COc1ccccc1OCCNCCCCCBr. The third-order valence-electron chi connectivity index (χ3n) is 2.59. The van der Waals surface area contributed by atoms with Crippen LogP contribution in [0.25, 0.3) is 0 Å². The number of benzene rings is 1. The molecule has 1 N–H and O–H groups in total. The van der Waals surface area contributed by atoms with Gasteiger partial charge in [0, 0.05) is 11.9 Å². The lowest BCUT2D eigenvalue weighted by atomic mass is 10.2. The third kappa shape index (κ3) is 6.26. The topological polar surface area (TPSA) is 30.5 Å². The van der Waals surface area contributed by atoms with E-state index in [0.29, 0.717) is 6.61 Å². The molecule has 0 aliphatic carbocycles. The van der Waals surface area contributed by atoms with Crippen LogP contribution in [0, 0.1) is 0 Å². The zero-order chi connectivity index (χ0) is 13.1. The van der Waals surface area contributed by atoms with Gasteiger partial charge in [-0.3, -0.25) is 0 Å². The molecule has 0 bridgehead atoms. The lowest BCUT2D eigenvalue weighted by molar-refractivity contribution is 0.292. The fourth-order valence-corrected chi connectivity index (χ4v) is 2.01. The number of para-hydroxylation sites is 2. The van der Waals surface area contributed by atoms with Crippen molar-refractivity contribution >= 4 is 15.9 Å². The summed E-state index contributed by atoms with van der Waals surface area (Å²) in [5.41, 5.74) is 0. The van der Waals surface area contributed by atoms with E-state index in [2.05, 4.69) is 21.2 Å². The molecule has 4 heteroatoms. The predicted octanol–water partition coefficient (Wildman–Crippen LogP) is 3.23. The fraction of sp³-hybridized carbons (Fsp3) is 0.571. The number of rotatable bonds is 10. The maximum Gasteiger partial charge on any atom is 0.161 e. The van der Waals surface area contributed by atoms with Gasteiger partial charge in [0.1, 0.15) is 6.61 Å². The second-order valence-electron chi connectivity index (χ2n) is 4.00. The smallest absolute Gasteiger partial charge is 0.161 e. The Morgan fingerprint density at radius 3 is 2.56 bits per heavy atom. The van der Waals surface area contributed by atoms with Crippen molar-refractivity contribution in [3.8, 4) is 11.5 Å². The van der Waals surface area contributed by atoms with Crippen molar-refractivity contribution in [1.82, 2.24) is 5.32 Å². The minimum atomic E-state index is 0.665. The standard InChI is InChI=1S/C14H22BrNO2/c1-17-13-7-3-4-8-14(13)18-12-11-16-10-6-2-5-9-15/h3-4,7-8,16H,2,5-6,9-12H2,1H3. The van der Waals surface area contributed by atoms with E-state index in [1.165, 1.54) is 19.3 Å². The highest BCUT2D eigenvalue weighted by molar-refractivity contribution is 9.09. The average Bonchev–Trinajstić information content (AvgIpc) is 2.42. The molecule has 0 saturated carbocycles. The third-order valence-corrected chi connectivity index (χ3v) is 3.15. The van der Waals surface area contributed by atoms with Gasteiger partial charge in [-0.15, -0.1) is 0 Å². The summed E-state index contributed by atoms with van der Waals surface area (Å²) in [6.07, 6.45) is 3.74. The zero-order valence-corrected chi connectivity index (χ0v) is 12.5. The average molecular weight is 316 g/mol. The highest BCUT2D eigenvalue weighted by atomic mass is 79.9. The number of ether oxygens (including phenoxy) is 2. The van der Waals surface area contributed by atoms with Crippen molar-refractivity contribution in [3.05, 3.63) is 24.3 Å². The van der Waals surface area contributed by atoms with Crippen molar-refractivity contribution in [3.63, 3.8) is 0 Å². The molecular weight excluding hydrogens is 294 g/mol. The van der Waals surface area contributed by atoms with Gasteiger partial charge in [-0.2, -0.15) is 0 Å². The van der Waals surface area contributed by atoms with Gasteiger partial charge in [-0.05, 0) is 31.5 Å². The summed E-state index contributed by atoms with van der Waals surface area (Å²) >= 11 is 3.43. The molecule has 1 rings (SSSR count). The summed E-state index contributed by atoms with van der Waals surface area (Å²) in [7, 11) is 1.66. The summed E-state index contributed by atoms with van der Waals surface area (Å²) in [6.45, 7) is 2.59. The number of alkyl halides is 1. The molecule has 1 aromatic carbocycles. The number of nitrogens with one attached hydrogen (secondary N) is 1. The number of methoxy groups -OCH3 is 1. The van der Waals surface area contributed by atoms with E-state index in [4.69, 9.17) is 9.47 Å². The van der Waals surface area contributed by atoms with E-state index in [0.717, 1.165) is 29.9 Å². The molecular formula is C14H22BrNO2. The summed E-state index contributed by atoms with van der Waals surface area (Å²) in [4.78, 5) is 0. The van der Waals surface area contributed by atoms with Gasteiger partial charge in [0.05, 0.1) is 7.11 Å². The van der Waals surface area contributed by atoms with Crippen LogP contribution in [0.15, 0.2) is 24.3 Å². The largest absolute Gasteiger partial charge is 0.493 e. The van der Waals surface area contributed by atoms with Gasteiger partial charge in [-0.1, -0.05) is 34.5 Å². The van der Waals surface area contributed by atoms with Crippen LogP contribution in [0.3, 0.4) is 0 Å². The van der Waals surface area contributed by atoms with Crippen molar-refractivity contribution in [1.29, 1.82) is 0 Å². The van der Waals surface area contributed by atoms with E-state index in [9.17, 15) is 0 Å². The molecule has 0 amide bonds. The Balaban J connectivity index is 2.07. The van der Waals surface area contributed by atoms with Gasteiger partial charge < -0.3 is 14.8 Å². The molecule has 0 aromatic heterocycles. The Hall–Kier alpha value is -0.740. The van der Waals surface area contributed by atoms with Crippen LogP contribution in [-0.2, 0) is 0 Å². The molecule has 0 heterocycles. The van der Waals surface area contributed by atoms with Crippen LogP contribution in [0.5, 0.6) is 11.5 Å². The second kappa shape index (κ2) is 10.2. The molecule has 3 nitrogen and oxygen atoms in total. The van der Waals surface area contributed by atoms with Gasteiger partial charge in [-0.25, -0.2) is 0 Å². The van der Waals surface area contributed by atoms with Gasteiger partial charge >= 0.3 is 0 Å². The second-order valence-corrected chi connectivity index (χ2v) is 4.79. The number of unbranched alkanes of at least 4 members (excludes halogenated alkanes) is 2. The molecule has 0 saturated heterocycles. The van der Waals surface area contributed by atoms with E-state index < -0.39 is 0 Å². The van der Waals surface area contributed by atoms with Crippen molar-refractivity contribution < 1.29 is 9.47 Å². The first kappa shape index (κ1) is 15.3. The fourth-order valence-electron chi connectivity index (χ4n) is 1.62. The highest BCUT2D eigenvalue weighted by Gasteiger charge is 2.01. The zero-order valence-electron chi connectivity index (χ0n) is 11.0. The maximum absolute atomic E-state index is 5.66. The molecule has 0 radical (unpaired) electrons. The minimum Gasteiger partial charge on any atom is -0.493 e. The van der Waals surface area contributed by atoms with Crippen LogP contribution in [0.4, 0.5) is 0 Å². The Labute approximate surface area is 118 Å². The molecule has 0 aliphatic heterocycles. The first-order valence-corrected chi connectivity index (χ1v) is 7.53. The minimum absolute atomic E-state index is 0.665. The molecule has 0 aliphatic rings. The Morgan fingerprint density at radius 1 is 1.06 bits per heavy atom. The molecule has 0 atom stereocenters. The van der Waals surface area contributed by atoms with Crippen LogP contribution < -0.4 is 14.8 Å². The Kier molecular flexibility index (Phi) is 8.69. The number of hydrogen-bond donors (Lipinski definition) is 1. The van der Waals surface area contributed by atoms with Gasteiger partial charge in [0.25, 0.3) is 0 Å². The normalized spacial score (nSPS) is 10.3. The molecule has 0 fully saturated rings. The van der Waals surface area contributed by atoms with E-state index in [1.54, 1.807) is 7.11 Å². The summed E-state index contributed by atoms with van der Waals surface area (Å²) in [5, 5.41) is 4.47. The summed E-state index contributed by atoms with van der Waals surface area (Å²) < 4.78 is 10.9. The van der Waals surface area contributed by atoms with Gasteiger partial charge in [0.15, 0.2) is 11.5 Å².